The minimum absolute atomic E-state index is 0.326. The molecule has 2 N–H and O–H groups in total. The van der Waals surface area contributed by atoms with Crippen molar-refractivity contribution in [3.63, 3.8) is 0 Å². The monoisotopic (exact) mass is 189 g/mol. The van der Waals surface area contributed by atoms with Crippen LogP contribution in [0.3, 0.4) is 0 Å². The van der Waals surface area contributed by atoms with Gasteiger partial charge in [-0.1, -0.05) is 37.6 Å². The molecule has 14 heavy (non-hydrogen) atoms. The molecule has 2 rings (SSSR count). The van der Waals surface area contributed by atoms with Crippen molar-refractivity contribution < 1.29 is 0 Å². The minimum Gasteiger partial charge on any atom is -0.330 e. The van der Waals surface area contributed by atoms with Crippen LogP contribution in [-0.2, 0) is 11.8 Å². The maximum atomic E-state index is 5.92. The predicted molar refractivity (Wildman–Crippen MR) is 60.4 cm³/mol. The maximum absolute atomic E-state index is 5.92. The fourth-order valence-corrected chi connectivity index (χ4v) is 2.53. The lowest BCUT2D eigenvalue weighted by molar-refractivity contribution is 0.251. The van der Waals surface area contributed by atoms with Crippen molar-refractivity contribution in [2.24, 2.45) is 5.73 Å². The number of hydrogen-bond donors (Lipinski definition) is 1. The summed E-state index contributed by atoms with van der Waals surface area (Å²) < 4.78 is 0. The Morgan fingerprint density at radius 1 is 1.29 bits per heavy atom. The Balaban J connectivity index is 2.38. The summed E-state index contributed by atoms with van der Waals surface area (Å²) in [5.74, 6) is 0. The van der Waals surface area contributed by atoms with Gasteiger partial charge in [-0.25, -0.2) is 0 Å². The Hall–Kier alpha value is -0.820. The smallest absolute Gasteiger partial charge is 0.00783 e. The van der Waals surface area contributed by atoms with E-state index >= 15 is 0 Å². The zero-order valence-corrected chi connectivity index (χ0v) is 8.92. The van der Waals surface area contributed by atoms with Crippen LogP contribution in [0.1, 0.15) is 37.3 Å². The van der Waals surface area contributed by atoms with Gasteiger partial charge in [-0.05, 0) is 30.4 Å². The van der Waals surface area contributed by atoms with Crippen molar-refractivity contribution in [1.29, 1.82) is 0 Å². The van der Waals surface area contributed by atoms with Crippen molar-refractivity contribution >= 4 is 0 Å². The predicted octanol–water partition coefficient (Wildman–Crippen LogP) is 2.63. The fraction of sp³-hybridized carbons (Fsp3) is 0.538. The number of rotatable bonds is 3. The van der Waals surface area contributed by atoms with Gasteiger partial charge in [0.1, 0.15) is 0 Å². The van der Waals surface area contributed by atoms with Crippen molar-refractivity contribution in [3.8, 4) is 0 Å². The van der Waals surface area contributed by atoms with Gasteiger partial charge < -0.3 is 5.73 Å². The highest BCUT2D eigenvalue weighted by Crippen LogP contribution is 2.44. The molecule has 1 aromatic carbocycles. The normalized spacial score (nSPS) is 19.0. The number of aryl methyl sites for hydroxylation is 1. The highest BCUT2D eigenvalue weighted by Gasteiger charge is 2.38. The van der Waals surface area contributed by atoms with Gasteiger partial charge in [0, 0.05) is 12.0 Å². The molecular weight excluding hydrogens is 170 g/mol. The molecule has 0 radical (unpaired) electrons. The summed E-state index contributed by atoms with van der Waals surface area (Å²) in [6, 6.07) is 8.78. The van der Waals surface area contributed by atoms with Gasteiger partial charge in [0.25, 0.3) is 0 Å². The molecule has 1 saturated carbocycles. The fourth-order valence-electron chi connectivity index (χ4n) is 2.53. The highest BCUT2D eigenvalue weighted by molar-refractivity contribution is 5.36. The van der Waals surface area contributed by atoms with E-state index in [-0.39, 0.29) is 0 Å². The van der Waals surface area contributed by atoms with Gasteiger partial charge in [0.15, 0.2) is 0 Å². The zero-order chi connectivity index (χ0) is 10.0. The molecule has 1 heteroatoms. The number of benzene rings is 1. The van der Waals surface area contributed by atoms with Gasteiger partial charge in [-0.2, -0.15) is 0 Å². The molecule has 1 aromatic rings. The topological polar surface area (TPSA) is 26.0 Å². The second-order valence-corrected chi connectivity index (χ2v) is 4.35. The summed E-state index contributed by atoms with van der Waals surface area (Å²) in [5, 5.41) is 0. The third-order valence-electron chi connectivity index (χ3n) is 3.67. The van der Waals surface area contributed by atoms with Crippen molar-refractivity contribution in [1.82, 2.24) is 0 Å². The van der Waals surface area contributed by atoms with Crippen molar-refractivity contribution in [3.05, 3.63) is 35.4 Å². The summed E-state index contributed by atoms with van der Waals surface area (Å²) >= 11 is 0. The Morgan fingerprint density at radius 2 is 2.00 bits per heavy atom. The highest BCUT2D eigenvalue weighted by atomic mass is 14.6. The van der Waals surface area contributed by atoms with Crippen LogP contribution in [0, 0.1) is 0 Å². The first-order valence-corrected chi connectivity index (χ1v) is 5.61. The average molecular weight is 189 g/mol. The summed E-state index contributed by atoms with van der Waals surface area (Å²) in [5.41, 5.74) is 9.24. The first kappa shape index (κ1) is 9.72. The summed E-state index contributed by atoms with van der Waals surface area (Å²) in [4.78, 5) is 0. The first-order chi connectivity index (χ1) is 6.82. The van der Waals surface area contributed by atoms with E-state index in [1.807, 2.05) is 0 Å². The minimum atomic E-state index is 0.326. The van der Waals surface area contributed by atoms with Gasteiger partial charge in [0.2, 0.25) is 0 Å². The molecule has 0 amide bonds. The third-order valence-corrected chi connectivity index (χ3v) is 3.67. The van der Waals surface area contributed by atoms with E-state index in [2.05, 4.69) is 31.2 Å². The summed E-state index contributed by atoms with van der Waals surface area (Å²) in [6.07, 6.45) is 5.02. The second-order valence-electron chi connectivity index (χ2n) is 4.35. The number of nitrogens with two attached hydrogens (primary N) is 1. The van der Waals surface area contributed by atoms with Crippen LogP contribution in [0.2, 0.25) is 0 Å². The van der Waals surface area contributed by atoms with Crippen molar-refractivity contribution in [2.75, 3.05) is 6.54 Å². The Kier molecular flexibility index (Phi) is 2.60. The lowest BCUT2D eigenvalue weighted by Gasteiger charge is -2.42. The first-order valence-electron chi connectivity index (χ1n) is 5.61. The van der Waals surface area contributed by atoms with Gasteiger partial charge in [-0.15, -0.1) is 0 Å². The number of hydrogen-bond acceptors (Lipinski definition) is 1. The molecule has 1 fully saturated rings. The Labute approximate surface area is 86.3 Å². The van der Waals surface area contributed by atoms with E-state index in [0.717, 1.165) is 13.0 Å². The molecule has 0 atom stereocenters. The van der Waals surface area contributed by atoms with Gasteiger partial charge in [-0.3, -0.25) is 0 Å². The Morgan fingerprint density at radius 3 is 2.50 bits per heavy atom. The van der Waals surface area contributed by atoms with Gasteiger partial charge in [0.05, 0.1) is 0 Å². The van der Waals surface area contributed by atoms with Crippen LogP contribution in [-0.4, -0.2) is 6.54 Å². The lowest BCUT2D eigenvalue weighted by Crippen LogP contribution is -2.42. The second kappa shape index (κ2) is 3.74. The van der Waals surface area contributed by atoms with Crippen LogP contribution in [0.25, 0.3) is 0 Å². The van der Waals surface area contributed by atoms with E-state index < -0.39 is 0 Å². The molecule has 0 bridgehead atoms. The maximum Gasteiger partial charge on any atom is 0.00783 e. The average Bonchev–Trinajstić information content (AvgIpc) is 2.18. The molecule has 0 spiro atoms. The van der Waals surface area contributed by atoms with E-state index in [1.54, 1.807) is 0 Å². The van der Waals surface area contributed by atoms with E-state index in [9.17, 15) is 0 Å². The molecule has 0 saturated heterocycles. The quantitative estimate of drug-likeness (QED) is 0.777. The molecule has 0 aromatic heterocycles. The molecule has 1 nitrogen and oxygen atoms in total. The molecule has 1 aliphatic carbocycles. The van der Waals surface area contributed by atoms with Crippen LogP contribution in [0.4, 0.5) is 0 Å². The van der Waals surface area contributed by atoms with E-state index in [4.69, 9.17) is 5.73 Å². The standard InChI is InChI=1S/C13H19N/c1-2-11-6-3-4-7-12(11)13(10-14)8-5-9-13/h3-4,6-7H,2,5,8-10,14H2,1H3. The zero-order valence-electron chi connectivity index (χ0n) is 8.92. The molecule has 0 heterocycles. The summed E-state index contributed by atoms with van der Waals surface area (Å²) in [7, 11) is 0. The molecule has 76 valence electrons. The summed E-state index contributed by atoms with van der Waals surface area (Å²) in [6.45, 7) is 3.03. The molecule has 1 aliphatic rings. The largest absolute Gasteiger partial charge is 0.330 e. The van der Waals surface area contributed by atoms with Crippen LogP contribution in [0.5, 0.6) is 0 Å². The molecule has 0 aliphatic heterocycles. The van der Waals surface area contributed by atoms with Crippen LogP contribution >= 0.6 is 0 Å². The van der Waals surface area contributed by atoms with Crippen LogP contribution in [0.15, 0.2) is 24.3 Å². The molecular formula is C13H19N. The third kappa shape index (κ3) is 1.36. The molecule has 0 unspecified atom stereocenters. The lowest BCUT2D eigenvalue weighted by atomic mass is 9.63. The van der Waals surface area contributed by atoms with Gasteiger partial charge >= 0.3 is 0 Å². The van der Waals surface area contributed by atoms with E-state index in [1.165, 1.54) is 30.4 Å². The van der Waals surface area contributed by atoms with Crippen molar-refractivity contribution in [2.45, 2.75) is 38.0 Å². The Bertz CT molecular complexity index is 307. The SMILES string of the molecule is CCc1ccccc1C1(CN)CCC1. The van der Waals surface area contributed by atoms with Crippen LogP contribution < -0.4 is 5.73 Å². The van der Waals surface area contributed by atoms with E-state index in [0.29, 0.717) is 5.41 Å².